The minimum Gasteiger partial charge on any atom is -0.481 e. The summed E-state index contributed by atoms with van der Waals surface area (Å²) in [6, 6.07) is 7.74. The van der Waals surface area contributed by atoms with Crippen molar-refractivity contribution in [2.45, 2.75) is 64.9 Å². The van der Waals surface area contributed by atoms with Crippen LogP contribution in [-0.2, 0) is 20.7 Å². The molecule has 7 heteroatoms. The third kappa shape index (κ3) is 8.62. The number of aliphatic carboxylic acids is 1. The minimum atomic E-state index is -0.919. The highest BCUT2D eigenvalue weighted by atomic mass is 127. The highest BCUT2D eigenvalue weighted by Crippen LogP contribution is 2.31. The van der Waals surface area contributed by atoms with Crippen LogP contribution in [0, 0.1) is 21.3 Å². The Labute approximate surface area is 192 Å². The van der Waals surface area contributed by atoms with Gasteiger partial charge in [-0.1, -0.05) is 12.1 Å². The molecule has 0 spiro atoms. The molecule has 2 N–H and O–H groups in total. The van der Waals surface area contributed by atoms with Crippen LogP contribution in [-0.4, -0.2) is 35.1 Å². The van der Waals surface area contributed by atoms with Crippen molar-refractivity contribution in [2.24, 2.45) is 17.8 Å². The standard InChI is InChI=1S/C23H32INO5/c1-23(2,3)30-22(29)25-14-16-4-8-17(9-5-16)20(26)13-18(21(27)28)12-15-6-10-19(24)11-7-15/h6-7,10-11,16-18H,4-5,8-9,12-14H2,1-3H3,(H,25,29)(H,27,28)/t16?,17?,18-/m1/s1. The Kier molecular flexibility index (Phi) is 9.12. The fourth-order valence-electron chi connectivity index (χ4n) is 3.79. The zero-order chi connectivity index (χ0) is 22.3. The van der Waals surface area contributed by atoms with Gasteiger partial charge in [-0.05, 0) is 99.1 Å². The number of halogens is 1. The van der Waals surface area contributed by atoms with E-state index in [1.54, 1.807) is 0 Å². The van der Waals surface area contributed by atoms with Crippen molar-refractivity contribution in [2.75, 3.05) is 6.54 Å². The Morgan fingerprint density at radius 1 is 1.13 bits per heavy atom. The van der Waals surface area contributed by atoms with Crippen molar-refractivity contribution in [3.63, 3.8) is 0 Å². The van der Waals surface area contributed by atoms with Gasteiger partial charge in [-0.3, -0.25) is 9.59 Å². The maximum absolute atomic E-state index is 12.7. The normalized spacial score (nSPS) is 20.3. The Bertz CT molecular complexity index is 733. The first-order valence-electron chi connectivity index (χ1n) is 10.5. The molecule has 1 aromatic carbocycles. The van der Waals surface area contributed by atoms with E-state index in [9.17, 15) is 19.5 Å². The Hall–Kier alpha value is -1.64. The van der Waals surface area contributed by atoms with Crippen LogP contribution in [0.4, 0.5) is 4.79 Å². The summed E-state index contributed by atoms with van der Waals surface area (Å²) in [6.45, 7) is 6.02. The summed E-state index contributed by atoms with van der Waals surface area (Å²) in [5.74, 6) is -1.32. The van der Waals surface area contributed by atoms with Crippen molar-refractivity contribution in [3.8, 4) is 0 Å². The number of amides is 1. The quantitative estimate of drug-likeness (QED) is 0.471. The lowest BCUT2D eigenvalue weighted by molar-refractivity contribution is -0.144. The van der Waals surface area contributed by atoms with Gasteiger partial charge in [0.2, 0.25) is 0 Å². The number of alkyl carbamates (subject to hydrolysis) is 1. The first kappa shape index (κ1) is 24.6. The van der Waals surface area contributed by atoms with Crippen molar-refractivity contribution >= 4 is 40.4 Å². The number of hydrogen-bond acceptors (Lipinski definition) is 4. The molecule has 2 rings (SSSR count). The Morgan fingerprint density at radius 2 is 1.73 bits per heavy atom. The van der Waals surface area contributed by atoms with Crippen LogP contribution in [0.1, 0.15) is 58.4 Å². The summed E-state index contributed by atoms with van der Waals surface area (Å²) in [4.78, 5) is 36.2. The van der Waals surface area contributed by atoms with Gasteiger partial charge in [-0.15, -0.1) is 0 Å². The second kappa shape index (κ2) is 11.1. The molecule has 1 fully saturated rings. The van der Waals surface area contributed by atoms with Crippen molar-refractivity contribution in [1.29, 1.82) is 0 Å². The predicted octanol–water partition coefficient (Wildman–Crippen LogP) is 4.82. The summed E-state index contributed by atoms with van der Waals surface area (Å²) in [5, 5.41) is 12.4. The SMILES string of the molecule is CC(C)(C)OC(=O)NCC1CCC(C(=O)C[C@@H](Cc2ccc(I)cc2)C(=O)O)CC1. The van der Waals surface area contributed by atoms with E-state index in [-0.39, 0.29) is 18.1 Å². The predicted molar refractivity (Wildman–Crippen MR) is 123 cm³/mol. The number of carbonyl (C=O) groups excluding carboxylic acids is 2. The lowest BCUT2D eigenvalue weighted by atomic mass is 9.78. The second-order valence-corrected chi connectivity index (χ2v) is 10.4. The maximum Gasteiger partial charge on any atom is 0.407 e. The summed E-state index contributed by atoms with van der Waals surface area (Å²) < 4.78 is 6.34. The molecule has 1 aliphatic rings. The molecular weight excluding hydrogens is 497 g/mol. The molecule has 0 saturated heterocycles. The summed E-state index contributed by atoms with van der Waals surface area (Å²) in [5.41, 5.74) is 0.417. The molecule has 0 radical (unpaired) electrons. The minimum absolute atomic E-state index is 0.0477. The van der Waals surface area contributed by atoms with Crippen LogP contribution in [0.15, 0.2) is 24.3 Å². The van der Waals surface area contributed by atoms with E-state index >= 15 is 0 Å². The molecule has 1 amide bonds. The number of ketones is 1. The van der Waals surface area contributed by atoms with E-state index in [2.05, 4.69) is 27.9 Å². The molecule has 0 aliphatic heterocycles. The third-order valence-corrected chi connectivity index (χ3v) is 6.15. The van der Waals surface area contributed by atoms with Gasteiger partial charge < -0.3 is 15.2 Å². The maximum atomic E-state index is 12.7. The van der Waals surface area contributed by atoms with Crippen LogP contribution in [0.5, 0.6) is 0 Å². The zero-order valence-electron chi connectivity index (χ0n) is 17.9. The third-order valence-electron chi connectivity index (χ3n) is 5.43. The van der Waals surface area contributed by atoms with E-state index in [0.29, 0.717) is 18.9 Å². The smallest absolute Gasteiger partial charge is 0.407 e. The van der Waals surface area contributed by atoms with Gasteiger partial charge in [0.25, 0.3) is 0 Å². The second-order valence-electron chi connectivity index (χ2n) is 9.14. The molecule has 0 heterocycles. The number of nitrogens with one attached hydrogen (secondary N) is 1. The first-order chi connectivity index (χ1) is 14.0. The summed E-state index contributed by atoms with van der Waals surface area (Å²) in [7, 11) is 0. The number of carboxylic acids is 1. The van der Waals surface area contributed by atoms with Gasteiger partial charge in [-0.25, -0.2) is 4.79 Å². The summed E-state index contributed by atoms with van der Waals surface area (Å²) in [6.07, 6.45) is 3.22. The van der Waals surface area contributed by atoms with Gasteiger partial charge in [0.05, 0.1) is 5.92 Å². The molecule has 6 nitrogen and oxygen atoms in total. The van der Waals surface area contributed by atoms with Gasteiger partial charge in [0.15, 0.2) is 0 Å². The molecule has 30 heavy (non-hydrogen) atoms. The van der Waals surface area contributed by atoms with E-state index < -0.39 is 23.6 Å². The highest BCUT2D eigenvalue weighted by molar-refractivity contribution is 14.1. The van der Waals surface area contributed by atoms with Crippen molar-refractivity contribution < 1.29 is 24.2 Å². The number of carboxylic acid groups (broad SMARTS) is 1. The Morgan fingerprint density at radius 3 is 2.27 bits per heavy atom. The number of benzene rings is 1. The number of ether oxygens (including phenoxy) is 1. The fraction of sp³-hybridized carbons (Fsp3) is 0.609. The van der Waals surface area contributed by atoms with Gasteiger partial charge in [0, 0.05) is 22.5 Å². The number of carbonyl (C=O) groups is 3. The molecule has 0 bridgehead atoms. The van der Waals surface area contributed by atoms with E-state index in [1.807, 2.05) is 45.0 Å². The van der Waals surface area contributed by atoms with Crippen LogP contribution in [0.2, 0.25) is 0 Å². The topological polar surface area (TPSA) is 92.7 Å². The van der Waals surface area contributed by atoms with E-state index in [1.165, 1.54) is 0 Å². The zero-order valence-corrected chi connectivity index (χ0v) is 20.1. The van der Waals surface area contributed by atoms with Crippen LogP contribution in [0.3, 0.4) is 0 Å². The molecule has 1 saturated carbocycles. The number of hydrogen-bond donors (Lipinski definition) is 2. The monoisotopic (exact) mass is 529 g/mol. The van der Waals surface area contributed by atoms with Crippen molar-refractivity contribution in [1.82, 2.24) is 5.32 Å². The van der Waals surface area contributed by atoms with Crippen molar-refractivity contribution in [3.05, 3.63) is 33.4 Å². The average Bonchev–Trinajstić information content (AvgIpc) is 2.66. The fourth-order valence-corrected chi connectivity index (χ4v) is 4.15. The van der Waals surface area contributed by atoms with Gasteiger partial charge in [0.1, 0.15) is 11.4 Å². The molecule has 1 aromatic rings. The Balaban J connectivity index is 1.78. The first-order valence-corrected chi connectivity index (χ1v) is 11.6. The number of rotatable bonds is 8. The highest BCUT2D eigenvalue weighted by Gasteiger charge is 2.30. The van der Waals surface area contributed by atoms with Crippen LogP contribution >= 0.6 is 22.6 Å². The van der Waals surface area contributed by atoms with Crippen LogP contribution < -0.4 is 5.32 Å². The van der Waals surface area contributed by atoms with Gasteiger partial charge in [-0.2, -0.15) is 0 Å². The summed E-state index contributed by atoms with van der Waals surface area (Å²) >= 11 is 2.21. The van der Waals surface area contributed by atoms with Crippen LogP contribution in [0.25, 0.3) is 0 Å². The van der Waals surface area contributed by atoms with E-state index in [0.717, 1.165) is 34.8 Å². The molecular formula is C23H32INO5. The van der Waals surface area contributed by atoms with Gasteiger partial charge >= 0.3 is 12.1 Å². The lowest BCUT2D eigenvalue weighted by Gasteiger charge is -2.29. The number of Topliss-reactive ketones (excluding diaryl/α,β-unsaturated/α-hetero) is 1. The molecule has 166 valence electrons. The average molecular weight is 529 g/mol. The molecule has 0 aromatic heterocycles. The molecule has 0 unspecified atom stereocenters. The largest absolute Gasteiger partial charge is 0.481 e. The molecule has 1 aliphatic carbocycles. The lowest BCUT2D eigenvalue weighted by Crippen LogP contribution is -2.36. The van der Waals surface area contributed by atoms with E-state index in [4.69, 9.17) is 4.74 Å². The molecule has 1 atom stereocenters.